The number of carbonyl (C=O) groups excluding carboxylic acids is 1. The Bertz CT molecular complexity index is 115. The quantitative estimate of drug-likeness (QED) is 0.577. The van der Waals surface area contributed by atoms with Gasteiger partial charge in [0.25, 0.3) is 0 Å². The molecule has 0 saturated heterocycles. The molecule has 2 N–H and O–H groups in total. The molecule has 0 rings (SSSR count). The number of hydroxylamine groups is 1. The van der Waals surface area contributed by atoms with Gasteiger partial charge in [0.15, 0.2) is 5.78 Å². The van der Waals surface area contributed by atoms with Gasteiger partial charge in [-0.05, 0) is 12.8 Å². The van der Waals surface area contributed by atoms with Crippen molar-refractivity contribution in [3.63, 3.8) is 0 Å². The van der Waals surface area contributed by atoms with Crippen LogP contribution in [0.15, 0.2) is 0 Å². The fourth-order valence-corrected chi connectivity index (χ4v) is 1.01. The van der Waals surface area contributed by atoms with Gasteiger partial charge in [0.05, 0.1) is 6.04 Å². The molecule has 0 aromatic carbocycles. The van der Waals surface area contributed by atoms with Crippen LogP contribution in [0.5, 0.6) is 0 Å². The van der Waals surface area contributed by atoms with Crippen LogP contribution in [0.2, 0.25) is 0 Å². The maximum Gasteiger partial charge on any atom is 0.152 e. The van der Waals surface area contributed by atoms with Gasteiger partial charge in [0.2, 0.25) is 0 Å². The van der Waals surface area contributed by atoms with Crippen LogP contribution < -0.4 is 5.48 Å². The normalized spacial score (nSPS) is 13.0. The molecule has 0 radical (unpaired) electrons. The van der Waals surface area contributed by atoms with Gasteiger partial charge < -0.3 is 5.21 Å². The van der Waals surface area contributed by atoms with E-state index in [-0.39, 0.29) is 11.8 Å². The second-order valence-corrected chi connectivity index (χ2v) is 2.69. The van der Waals surface area contributed by atoms with Gasteiger partial charge in [-0.2, -0.15) is 5.48 Å². The number of nitrogens with one attached hydrogen (secondary N) is 1. The molecule has 0 aliphatic rings. The van der Waals surface area contributed by atoms with Crippen LogP contribution in [0.25, 0.3) is 0 Å². The van der Waals surface area contributed by atoms with Crippen molar-refractivity contribution in [2.24, 2.45) is 0 Å². The third kappa shape index (κ3) is 4.11. The monoisotopic (exact) mass is 159 g/mol. The summed E-state index contributed by atoms with van der Waals surface area (Å²) >= 11 is 0. The number of hydrogen-bond acceptors (Lipinski definition) is 3. The molecular formula is C8H17NO2. The Labute approximate surface area is 67.8 Å². The Balaban J connectivity index is 3.71. The maximum absolute atomic E-state index is 11.1. The van der Waals surface area contributed by atoms with Gasteiger partial charge in [-0.15, -0.1) is 0 Å². The molecule has 0 saturated carbocycles. The van der Waals surface area contributed by atoms with Crippen molar-refractivity contribution < 1.29 is 10.0 Å². The van der Waals surface area contributed by atoms with Crippen molar-refractivity contribution in [1.82, 2.24) is 5.48 Å². The molecule has 0 aliphatic heterocycles. The van der Waals surface area contributed by atoms with Crippen molar-refractivity contribution in [2.45, 2.75) is 45.6 Å². The molecule has 3 heteroatoms. The van der Waals surface area contributed by atoms with E-state index in [1.54, 1.807) is 0 Å². The number of ketones is 1. The molecule has 0 heterocycles. The minimum atomic E-state index is -0.347. The van der Waals surface area contributed by atoms with Gasteiger partial charge in [-0.25, -0.2) is 0 Å². The molecule has 0 aromatic heterocycles. The summed E-state index contributed by atoms with van der Waals surface area (Å²) in [5, 5.41) is 8.58. The van der Waals surface area contributed by atoms with Gasteiger partial charge in [-0.1, -0.05) is 20.3 Å². The maximum atomic E-state index is 11.1. The van der Waals surface area contributed by atoms with Crippen LogP contribution >= 0.6 is 0 Å². The summed E-state index contributed by atoms with van der Waals surface area (Å²) in [6.45, 7) is 3.95. The number of carbonyl (C=O) groups is 1. The van der Waals surface area contributed by atoms with Gasteiger partial charge in [0.1, 0.15) is 0 Å². The Morgan fingerprint density at radius 2 is 2.09 bits per heavy atom. The first-order valence-electron chi connectivity index (χ1n) is 4.18. The SMILES string of the molecule is CCCC(=O)C(CCC)NO. The lowest BCUT2D eigenvalue weighted by Gasteiger charge is -2.11. The third-order valence-corrected chi connectivity index (χ3v) is 1.62. The zero-order chi connectivity index (χ0) is 8.69. The van der Waals surface area contributed by atoms with Gasteiger partial charge >= 0.3 is 0 Å². The number of rotatable bonds is 6. The zero-order valence-corrected chi connectivity index (χ0v) is 7.26. The van der Waals surface area contributed by atoms with Crippen molar-refractivity contribution in [2.75, 3.05) is 0 Å². The van der Waals surface area contributed by atoms with E-state index in [9.17, 15) is 4.79 Å². The highest BCUT2D eigenvalue weighted by molar-refractivity contribution is 5.83. The molecule has 0 spiro atoms. The van der Waals surface area contributed by atoms with Crippen LogP contribution in [-0.2, 0) is 4.79 Å². The highest BCUT2D eigenvalue weighted by Gasteiger charge is 2.14. The lowest BCUT2D eigenvalue weighted by atomic mass is 10.0. The Morgan fingerprint density at radius 1 is 1.45 bits per heavy atom. The van der Waals surface area contributed by atoms with Crippen molar-refractivity contribution >= 4 is 5.78 Å². The van der Waals surface area contributed by atoms with E-state index in [0.717, 1.165) is 19.3 Å². The summed E-state index contributed by atoms with van der Waals surface area (Å²) in [5.41, 5.74) is 2.04. The molecule has 66 valence electrons. The van der Waals surface area contributed by atoms with E-state index >= 15 is 0 Å². The molecule has 0 amide bonds. The lowest BCUT2D eigenvalue weighted by molar-refractivity contribution is -0.123. The van der Waals surface area contributed by atoms with E-state index < -0.39 is 0 Å². The van der Waals surface area contributed by atoms with Gasteiger partial charge in [-0.3, -0.25) is 4.79 Å². The Hall–Kier alpha value is -0.410. The fraction of sp³-hybridized carbons (Fsp3) is 0.875. The molecule has 0 aliphatic carbocycles. The largest absolute Gasteiger partial charge is 0.316 e. The molecule has 3 nitrogen and oxygen atoms in total. The standard InChI is InChI=1S/C8H17NO2/c1-3-5-7(9-11)8(10)6-4-2/h7,9,11H,3-6H2,1-2H3. The molecule has 0 aromatic rings. The molecule has 0 fully saturated rings. The summed E-state index contributed by atoms with van der Waals surface area (Å²) in [5.74, 6) is 0.108. The topological polar surface area (TPSA) is 49.3 Å². The second kappa shape index (κ2) is 6.31. The first kappa shape index (κ1) is 10.6. The third-order valence-electron chi connectivity index (χ3n) is 1.62. The zero-order valence-electron chi connectivity index (χ0n) is 7.26. The van der Waals surface area contributed by atoms with Crippen LogP contribution in [0.3, 0.4) is 0 Å². The summed E-state index contributed by atoms with van der Waals surface area (Å²) in [6.07, 6.45) is 3.03. The van der Waals surface area contributed by atoms with Crippen LogP contribution in [0.4, 0.5) is 0 Å². The van der Waals surface area contributed by atoms with Crippen molar-refractivity contribution in [3.05, 3.63) is 0 Å². The van der Waals surface area contributed by atoms with E-state index in [2.05, 4.69) is 0 Å². The van der Waals surface area contributed by atoms with Crippen molar-refractivity contribution in [1.29, 1.82) is 0 Å². The number of hydrogen-bond donors (Lipinski definition) is 2. The number of Topliss-reactive ketones (excluding diaryl/α,β-unsaturated/α-hetero) is 1. The lowest BCUT2D eigenvalue weighted by Crippen LogP contribution is -2.34. The average molecular weight is 159 g/mol. The van der Waals surface area contributed by atoms with E-state index in [1.807, 2.05) is 19.3 Å². The van der Waals surface area contributed by atoms with E-state index in [1.165, 1.54) is 0 Å². The molecule has 1 atom stereocenters. The van der Waals surface area contributed by atoms with Crippen molar-refractivity contribution in [3.8, 4) is 0 Å². The highest BCUT2D eigenvalue weighted by Crippen LogP contribution is 2.01. The predicted octanol–water partition coefficient (Wildman–Crippen LogP) is 1.50. The minimum absolute atomic E-state index is 0.108. The average Bonchev–Trinajstić information content (AvgIpc) is 2.00. The van der Waals surface area contributed by atoms with Gasteiger partial charge in [0, 0.05) is 6.42 Å². The summed E-state index contributed by atoms with van der Waals surface area (Å²) in [7, 11) is 0. The van der Waals surface area contributed by atoms with Crippen LogP contribution in [0.1, 0.15) is 39.5 Å². The summed E-state index contributed by atoms with van der Waals surface area (Å²) in [4.78, 5) is 11.1. The predicted molar refractivity (Wildman–Crippen MR) is 43.5 cm³/mol. The van der Waals surface area contributed by atoms with Crippen LogP contribution in [0, 0.1) is 0 Å². The molecule has 11 heavy (non-hydrogen) atoms. The molecule has 1 unspecified atom stereocenters. The fourth-order valence-electron chi connectivity index (χ4n) is 1.01. The first-order valence-corrected chi connectivity index (χ1v) is 4.18. The Morgan fingerprint density at radius 3 is 2.45 bits per heavy atom. The minimum Gasteiger partial charge on any atom is -0.316 e. The molecule has 0 bridgehead atoms. The van der Waals surface area contributed by atoms with E-state index in [4.69, 9.17) is 5.21 Å². The summed E-state index contributed by atoms with van der Waals surface area (Å²) < 4.78 is 0. The highest BCUT2D eigenvalue weighted by atomic mass is 16.5. The first-order chi connectivity index (χ1) is 5.26. The second-order valence-electron chi connectivity index (χ2n) is 2.69. The van der Waals surface area contributed by atoms with Crippen LogP contribution in [-0.4, -0.2) is 17.0 Å². The molecular weight excluding hydrogens is 142 g/mol. The summed E-state index contributed by atoms with van der Waals surface area (Å²) in [6, 6.07) is -0.347. The van der Waals surface area contributed by atoms with E-state index in [0.29, 0.717) is 6.42 Å². The Kier molecular flexibility index (Phi) is 6.07. The smallest absolute Gasteiger partial charge is 0.152 e.